The molecule has 22 heavy (non-hydrogen) atoms. The van der Waals surface area contributed by atoms with Gasteiger partial charge in [-0.25, -0.2) is 8.42 Å². The smallest absolute Gasteiger partial charge is 0.225 e. The molecule has 2 rings (SSSR count). The van der Waals surface area contributed by atoms with Gasteiger partial charge in [0, 0.05) is 32.0 Å². The van der Waals surface area contributed by atoms with Crippen molar-refractivity contribution in [2.75, 3.05) is 23.0 Å². The van der Waals surface area contributed by atoms with E-state index in [1.54, 1.807) is 13.0 Å². The number of nitrogens with one attached hydrogen (secondary N) is 1. The molecule has 1 unspecified atom stereocenters. The quantitative estimate of drug-likeness (QED) is 0.816. The maximum Gasteiger partial charge on any atom is 0.225 e. The molecule has 122 valence electrons. The summed E-state index contributed by atoms with van der Waals surface area (Å²) in [5.74, 6) is 0.495. The van der Waals surface area contributed by atoms with Crippen LogP contribution in [0, 0.1) is 6.92 Å². The van der Waals surface area contributed by atoms with Crippen molar-refractivity contribution in [3.63, 3.8) is 0 Å². The van der Waals surface area contributed by atoms with Gasteiger partial charge in [-0.15, -0.1) is 0 Å². The normalized spacial score (nSPS) is 19.8. The summed E-state index contributed by atoms with van der Waals surface area (Å²) in [5.41, 5.74) is 0. The van der Waals surface area contributed by atoms with Gasteiger partial charge in [0.25, 0.3) is 0 Å². The third-order valence-corrected chi connectivity index (χ3v) is 5.20. The number of carbonyl (C=O) groups excluding carboxylic acids is 2. The number of rotatable bonds is 5. The Morgan fingerprint density at radius 2 is 2.23 bits per heavy atom. The van der Waals surface area contributed by atoms with Crippen LogP contribution in [0.5, 0.6) is 0 Å². The summed E-state index contributed by atoms with van der Waals surface area (Å²) in [4.78, 5) is 24.9. The highest BCUT2D eigenvalue weighted by atomic mass is 32.2. The first kappa shape index (κ1) is 16.5. The van der Waals surface area contributed by atoms with Crippen LogP contribution in [0.1, 0.15) is 25.5 Å². The minimum Gasteiger partial charge on any atom is -0.360 e. The molecule has 1 aromatic rings. The van der Waals surface area contributed by atoms with Gasteiger partial charge >= 0.3 is 0 Å². The molecular formula is C13H19N3O5S. The van der Waals surface area contributed by atoms with E-state index in [1.165, 1.54) is 11.8 Å². The van der Waals surface area contributed by atoms with Crippen LogP contribution >= 0.6 is 0 Å². The molecule has 1 N–H and O–H groups in total. The average molecular weight is 329 g/mol. The van der Waals surface area contributed by atoms with Crippen molar-refractivity contribution >= 4 is 27.5 Å². The predicted molar refractivity (Wildman–Crippen MR) is 79.1 cm³/mol. The number of aryl methyl sites for hydroxylation is 1. The Morgan fingerprint density at radius 3 is 2.73 bits per heavy atom. The largest absolute Gasteiger partial charge is 0.360 e. The van der Waals surface area contributed by atoms with Gasteiger partial charge in [-0.05, 0) is 13.3 Å². The van der Waals surface area contributed by atoms with E-state index in [1.807, 2.05) is 0 Å². The Kier molecular flexibility index (Phi) is 4.84. The number of carbonyl (C=O) groups is 2. The van der Waals surface area contributed by atoms with E-state index in [0.29, 0.717) is 18.0 Å². The van der Waals surface area contributed by atoms with Crippen molar-refractivity contribution in [1.29, 1.82) is 0 Å². The summed E-state index contributed by atoms with van der Waals surface area (Å²) in [5, 5.41) is 6.44. The summed E-state index contributed by atoms with van der Waals surface area (Å²) in [6, 6.07) is 1.28. The molecule has 0 spiro atoms. The first-order valence-electron chi connectivity index (χ1n) is 6.98. The van der Waals surface area contributed by atoms with Crippen LogP contribution < -0.4 is 10.2 Å². The van der Waals surface area contributed by atoms with E-state index in [-0.39, 0.29) is 42.3 Å². The topological polar surface area (TPSA) is 110 Å². The van der Waals surface area contributed by atoms with Gasteiger partial charge in [-0.2, -0.15) is 0 Å². The zero-order valence-electron chi connectivity index (χ0n) is 12.5. The SMILES string of the molecule is CC(=O)N(CCC(=O)NC1CCS(=O)(=O)C1)c1cc(C)on1. The van der Waals surface area contributed by atoms with E-state index < -0.39 is 9.84 Å². The van der Waals surface area contributed by atoms with Crippen LogP contribution in [-0.2, 0) is 19.4 Å². The van der Waals surface area contributed by atoms with E-state index in [0.717, 1.165) is 0 Å². The number of sulfone groups is 1. The van der Waals surface area contributed by atoms with Gasteiger partial charge in [0.1, 0.15) is 5.76 Å². The number of anilines is 1. The molecule has 1 aliphatic rings. The molecule has 1 saturated heterocycles. The molecule has 1 aliphatic heterocycles. The lowest BCUT2D eigenvalue weighted by molar-refractivity contribution is -0.121. The fourth-order valence-corrected chi connectivity index (χ4v) is 4.01. The second-order valence-corrected chi connectivity index (χ2v) is 7.61. The van der Waals surface area contributed by atoms with E-state index in [9.17, 15) is 18.0 Å². The third-order valence-electron chi connectivity index (χ3n) is 3.43. The van der Waals surface area contributed by atoms with Gasteiger partial charge in [0.05, 0.1) is 11.5 Å². The maximum absolute atomic E-state index is 11.9. The minimum atomic E-state index is -3.03. The van der Waals surface area contributed by atoms with Crippen molar-refractivity contribution in [3.05, 3.63) is 11.8 Å². The van der Waals surface area contributed by atoms with Gasteiger partial charge in [0.2, 0.25) is 11.8 Å². The molecule has 0 aromatic carbocycles. The highest BCUT2D eigenvalue weighted by molar-refractivity contribution is 7.91. The summed E-state index contributed by atoms with van der Waals surface area (Å²) in [6.45, 7) is 3.25. The number of nitrogens with zero attached hydrogens (tertiary/aromatic N) is 2. The lowest BCUT2D eigenvalue weighted by Gasteiger charge is -2.18. The molecule has 0 aliphatic carbocycles. The first-order chi connectivity index (χ1) is 10.3. The second-order valence-electron chi connectivity index (χ2n) is 5.38. The lowest BCUT2D eigenvalue weighted by atomic mass is 10.2. The van der Waals surface area contributed by atoms with Crippen LogP contribution in [0.25, 0.3) is 0 Å². The van der Waals surface area contributed by atoms with E-state index in [4.69, 9.17) is 4.52 Å². The van der Waals surface area contributed by atoms with E-state index in [2.05, 4.69) is 10.5 Å². The summed E-state index contributed by atoms with van der Waals surface area (Å²) in [6.07, 6.45) is 0.509. The molecule has 8 nitrogen and oxygen atoms in total. The highest BCUT2D eigenvalue weighted by Crippen LogP contribution is 2.15. The molecule has 1 atom stereocenters. The van der Waals surface area contributed by atoms with Gasteiger partial charge in [-0.3, -0.25) is 14.5 Å². The molecule has 0 bridgehead atoms. The summed E-state index contributed by atoms with van der Waals surface area (Å²) < 4.78 is 27.6. The van der Waals surface area contributed by atoms with Crippen molar-refractivity contribution in [1.82, 2.24) is 10.5 Å². The molecule has 1 aromatic heterocycles. The van der Waals surface area contributed by atoms with Crippen LogP contribution in [-0.4, -0.2) is 49.5 Å². The number of amides is 2. The number of hydrogen-bond acceptors (Lipinski definition) is 6. The lowest BCUT2D eigenvalue weighted by Crippen LogP contribution is -2.38. The number of hydrogen-bond donors (Lipinski definition) is 1. The summed E-state index contributed by atoms with van der Waals surface area (Å²) >= 11 is 0. The zero-order valence-corrected chi connectivity index (χ0v) is 13.4. The Labute approximate surface area is 128 Å². The molecular weight excluding hydrogens is 310 g/mol. The van der Waals surface area contributed by atoms with Crippen LogP contribution in [0.4, 0.5) is 5.82 Å². The Hall–Kier alpha value is -1.90. The van der Waals surface area contributed by atoms with Crippen molar-refractivity contribution < 1.29 is 22.5 Å². The first-order valence-corrected chi connectivity index (χ1v) is 8.80. The molecule has 1 fully saturated rings. The monoisotopic (exact) mass is 329 g/mol. The molecule has 2 heterocycles. The van der Waals surface area contributed by atoms with Crippen molar-refractivity contribution in [2.45, 2.75) is 32.7 Å². The fraction of sp³-hybridized carbons (Fsp3) is 0.615. The Balaban J connectivity index is 1.87. The van der Waals surface area contributed by atoms with E-state index >= 15 is 0 Å². The maximum atomic E-state index is 11.9. The Morgan fingerprint density at radius 1 is 1.50 bits per heavy atom. The van der Waals surface area contributed by atoms with Crippen LogP contribution in [0.15, 0.2) is 10.6 Å². The third kappa shape index (κ3) is 4.30. The Bertz CT molecular complexity index is 667. The van der Waals surface area contributed by atoms with Crippen molar-refractivity contribution in [2.24, 2.45) is 0 Å². The van der Waals surface area contributed by atoms with Gasteiger partial charge < -0.3 is 9.84 Å². The van der Waals surface area contributed by atoms with Crippen molar-refractivity contribution in [3.8, 4) is 0 Å². The second kappa shape index (κ2) is 6.47. The average Bonchev–Trinajstić information content (AvgIpc) is 2.95. The zero-order chi connectivity index (χ0) is 16.3. The van der Waals surface area contributed by atoms with Crippen LogP contribution in [0.2, 0.25) is 0 Å². The number of aromatic nitrogens is 1. The molecule has 0 saturated carbocycles. The predicted octanol–water partition coefficient (Wildman–Crippen LogP) is 0.0293. The molecule has 9 heteroatoms. The highest BCUT2D eigenvalue weighted by Gasteiger charge is 2.29. The minimum absolute atomic E-state index is 0.0162. The van der Waals surface area contributed by atoms with Crippen LogP contribution in [0.3, 0.4) is 0 Å². The summed E-state index contributed by atoms with van der Waals surface area (Å²) in [7, 11) is -3.03. The fourth-order valence-electron chi connectivity index (χ4n) is 2.34. The molecule has 0 radical (unpaired) electrons. The van der Waals surface area contributed by atoms with Gasteiger partial charge in [0.15, 0.2) is 15.7 Å². The molecule has 2 amide bonds. The standard InChI is InChI=1S/C13H19N3O5S/c1-9-7-12(15-21-9)16(10(2)17)5-3-13(18)14-11-4-6-22(19,20)8-11/h7,11H,3-6,8H2,1-2H3,(H,14,18). The van der Waals surface area contributed by atoms with Gasteiger partial charge in [-0.1, -0.05) is 5.16 Å².